The van der Waals surface area contributed by atoms with Crippen LogP contribution in [0.5, 0.6) is 0 Å². The third-order valence-electron chi connectivity index (χ3n) is 4.23. The lowest BCUT2D eigenvalue weighted by molar-refractivity contribution is -0.116. The molecule has 1 amide bonds. The highest BCUT2D eigenvalue weighted by atomic mass is 19.1. The van der Waals surface area contributed by atoms with Crippen LogP contribution in [0.15, 0.2) is 48.8 Å². The second kappa shape index (κ2) is 5.77. The summed E-state index contributed by atoms with van der Waals surface area (Å²) in [4.78, 5) is 16.3. The summed E-state index contributed by atoms with van der Waals surface area (Å²) in [5, 5.41) is 2.62. The zero-order valence-electron chi connectivity index (χ0n) is 12.8. The van der Waals surface area contributed by atoms with E-state index in [0.717, 1.165) is 12.1 Å². The normalized spacial score (nSPS) is 16.4. The Morgan fingerprint density at radius 2 is 1.68 bits per heavy atom. The Morgan fingerprint density at radius 1 is 1.00 bits per heavy atom. The van der Waals surface area contributed by atoms with Crippen molar-refractivity contribution in [1.29, 1.82) is 0 Å². The molecule has 1 atom stereocenters. The average Bonchev–Trinajstić information content (AvgIpc) is 2.98. The molecule has 1 aliphatic rings. The largest absolute Gasteiger partial charge is 0.310 e. The number of carbonyl (C=O) groups is 1. The molecule has 25 heavy (non-hydrogen) atoms. The van der Waals surface area contributed by atoms with E-state index in [1.54, 1.807) is 6.07 Å². The summed E-state index contributed by atoms with van der Waals surface area (Å²) in [6.45, 7) is 0. The van der Waals surface area contributed by atoms with Gasteiger partial charge in [0.05, 0.1) is 11.4 Å². The molecule has 1 aliphatic heterocycles. The predicted molar refractivity (Wildman–Crippen MR) is 85.0 cm³/mol. The van der Waals surface area contributed by atoms with Crippen molar-refractivity contribution in [1.82, 2.24) is 9.55 Å². The van der Waals surface area contributed by atoms with Gasteiger partial charge in [-0.05, 0) is 24.3 Å². The van der Waals surface area contributed by atoms with Crippen LogP contribution < -0.4 is 5.32 Å². The topological polar surface area (TPSA) is 46.9 Å². The zero-order valence-corrected chi connectivity index (χ0v) is 12.8. The summed E-state index contributed by atoms with van der Waals surface area (Å²) < 4.78 is 43.8. The lowest BCUT2D eigenvalue weighted by Gasteiger charge is -2.24. The molecule has 1 N–H and O–H groups in total. The lowest BCUT2D eigenvalue weighted by atomic mass is 9.89. The summed E-state index contributed by atoms with van der Waals surface area (Å²) in [5.41, 5.74) is 0.274. The SMILES string of the molecule is O=C1CC(c2c(F)cccc2F)c2ncn(-c3ccccc3F)c2N1. The molecule has 1 unspecified atom stereocenters. The number of imidazole rings is 1. The Kier molecular flexibility index (Phi) is 3.56. The number of rotatable bonds is 2. The fourth-order valence-electron chi connectivity index (χ4n) is 3.12. The number of halogens is 3. The molecule has 126 valence electrons. The molecule has 3 aromatic rings. The van der Waals surface area contributed by atoms with Gasteiger partial charge < -0.3 is 5.32 Å². The Labute approximate surface area is 140 Å². The molecule has 2 aromatic carbocycles. The average molecular weight is 343 g/mol. The minimum absolute atomic E-state index is 0.140. The molecule has 7 heteroatoms. The van der Waals surface area contributed by atoms with Crippen LogP contribution in [0.1, 0.15) is 23.6 Å². The van der Waals surface area contributed by atoms with Crippen LogP contribution in [0.25, 0.3) is 5.69 Å². The monoisotopic (exact) mass is 343 g/mol. The number of fused-ring (bicyclic) bond motifs is 1. The van der Waals surface area contributed by atoms with Gasteiger partial charge in [0.2, 0.25) is 5.91 Å². The van der Waals surface area contributed by atoms with Crippen molar-refractivity contribution < 1.29 is 18.0 Å². The predicted octanol–water partition coefficient (Wildman–Crippen LogP) is 3.76. The van der Waals surface area contributed by atoms with Gasteiger partial charge in [-0.3, -0.25) is 9.36 Å². The smallest absolute Gasteiger partial charge is 0.226 e. The molecule has 0 bridgehead atoms. The molecule has 0 saturated carbocycles. The van der Waals surface area contributed by atoms with Crippen LogP contribution >= 0.6 is 0 Å². The number of carbonyl (C=O) groups excluding carboxylic acids is 1. The van der Waals surface area contributed by atoms with Crippen molar-refractivity contribution in [3.63, 3.8) is 0 Å². The molecule has 0 fully saturated rings. The molecule has 4 rings (SSSR count). The Hall–Kier alpha value is -3.09. The van der Waals surface area contributed by atoms with Crippen LogP contribution in [0.2, 0.25) is 0 Å². The third-order valence-corrected chi connectivity index (χ3v) is 4.23. The van der Waals surface area contributed by atoms with Gasteiger partial charge in [0.1, 0.15) is 29.6 Å². The molecule has 0 radical (unpaired) electrons. The van der Waals surface area contributed by atoms with Gasteiger partial charge in [-0.1, -0.05) is 18.2 Å². The Balaban J connectivity index is 1.89. The summed E-state index contributed by atoms with van der Waals surface area (Å²) in [6.07, 6.45) is 1.19. The fourth-order valence-corrected chi connectivity index (χ4v) is 3.12. The van der Waals surface area contributed by atoms with E-state index in [1.807, 2.05) is 0 Å². The molecule has 1 aromatic heterocycles. The van der Waals surface area contributed by atoms with E-state index in [1.165, 1.54) is 35.2 Å². The highest BCUT2D eigenvalue weighted by Crippen LogP contribution is 2.39. The minimum Gasteiger partial charge on any atom is -0.310 e. The van der Waals surface area contributed by atoms with Gasteiger partial charge >= 0.3 is 0 Å². The first-order chi connectivity index (χ1) is 12.1. The molecular formula is C18H12F3N3O. The van der Waals surface area contributed by atoms with Gasteiger partial charge in [0.15, 0.2) is 0 Å². The maximum atomic E-state index is 14.2. The van der Waals surface area contributed by atoms with E-state index in [9.17, 15) is 18.0 Å². The van der Waals surface area contributed by atoms with Crippen LogP contribution in [-0.4, -0.2) is 15.5 Å². The van der Waals surface area contributed by atoms with Crippen LogP contribution in [0.4, 0.5) is 19.0 Å². The highest BCUT2D eigenvalue weighted by Gasteiger charge is 2.34. The number of amides is 1. The number of para-hydroxylation sites is 1. The summed E-state index contributed by atoms with van der Waals surface area (Å²) in [5.74, 6) is -3.07. The lowest BCUT2D eigenvalue weighted by Crippen LogP contribution is -2.26. The second-order valence-corrected chi connectivity index (χ2v) is 5.74. The van der Waals surface area contributed by atoms with Gasteiger partial charge in [-0.15, -0.1) is 0 Å². The van der Waals surface area contributed by atoms with E-state index in [2.05, 4.69) is 10.3 Å². The van der Waals surface area contributed by atoms with Gasteiger partial charge in [0.25, 0.3) is 0 Å². The summed E-state index contributed by atoms with van der Waals surface area (Å²) >= 11 is 0. The third kappa shape index (κ3) is 2.48. The Bertz CT molecular complexity index is 963. The van der Waals surface area contributed by atoms with E-state index in [4.69, 9.17) is 0 Å². The Morgan fingerprint density at radius 3 is 2.40 bits per heavy atom. The molecule has 2 heterocycles. The summed E-state index contributed by atoms with van der Waals surface area (Å²) in [6, 6.07) is 9.52. The molecular weight excluding hydrogens is 331 g/mol. The maximum absolute atomic E-state index is 14.2. The molecule has 0 saturated heterocycles. The molecule has 4 nitrogen and oxygen atoms in total. The second-order valence-electron chi connectivity index (χ2n) is 5.74. The van der Waals surface area contributed by atoms with E-state index >= 15 is 0 Å². The maximum Gasteiger partial charge on any atom is 0.226 e. The minimum atomic E-state index is -0.877. The fraction of sp³-hybridized carbons (Fsp3) is 0.111. The first-order valence-corrected chi connectivity index (χ1v) is 7.62. The number of benzene rings is 2. The number of anilines is 1. The van der Waals surface area contributed by atoms with Gasteiger partial charge in [0, 0.05) is 17.9 Å². The highest BCUT2D eigenvalue weighted by molar-refractivity contribution is 5.94. The van der Waals surface area contributed by atoms with Gasteiger partial charge in [-0.25, -0.2) is 18.2 Å². The number of hydrogen-bond donors (Lipinski definition) is 1. The number of aromatic nitrogens is 2. The van der Waals surface area contributed by atoms with Crippen molar-refractivity contribution >= 4 is 11.7 Å². The standard InChI is InChI=1S/C18H12F3N3O/c19-11-4-1-2-7-14(11)24-9-22-17-10(8-15(25)23-18(17)24)16-12(20)5-3-6-13(16)21/h1-7,9-10H,8H2,(H,23,25). The van der Waals surface area contributed by atoms with E-state index < -0.39 is 29.3 Å². The van der Waals surface area contributed by atoms with Crippen LogP contribution in [-0.2, 0) is 4.79 Å². The molecule has 0 aliphatic carbocycles. The number of hydrogen-bond acceptors (Lipinski definition) is 2. The van der Waals surface area contributed by atoms with Crippen molar-refractivity contribution in [3.8, 4) is 5.69 Å². The quantitative estimate of drug-likeness (QED) is 0.770. The first kappa shape index (κ1) is 15.4. The first-order valence-electron chi connectivity index (χ1n) is 7.62. The molecule has 0 spiro atoms. The van der Waals surface area contributed by atoms with E-state index in [-0.39, 0.29) is 23.5 Å². The van der Waals surface area contributed by atoms with Crippen LogP contribution in [0, 0.1) is 17.5 Å². The van der Waals surface area contributed by atoms with Crippen molar-refractivity contribution in [2.45, 2.75) is 12.3 Å². The van der Waals surface area contributed by atoms with Crippen molar-refractivity contribution in [2.24, 2.45) is 0 Å². The number of nitrogens with one attached hydrogen (secondary N) is 1. The van der Waals surface area contributed by atoms with Crippen LogP contribution in [0.3, 0.4) is 0 Å². The van der Waals surface area contributed by atoms with Crippen molar-refractivity contribution in [2.75, 3.05) is 5.32 Å². The van der Waals surface area contributed by atoms with Crippen molar-refractivity contribution in [3.05, 3.63) is 77.5 Å². The van der Waals surface area contributed by atoms with E-state index in [0.29, 0.717) is 5.69 Å². The summed E-state index contributed by atoms with van der Waals surface area (Å²) in [7, 11) is 0. The van der Waals surface area contributed by atoms with Gasteiger partial charge in [-0.2, -0.15) is 0 Å². The zero-order chi connectivity index (χ0) is 17.6. The number of nitrogens with zero attached hydrogens (tertiary/aromatic N) is 2.